The molecule has 1 N–H and O–H groups in total. The van der Waals surface area contributed by atoms with Crippen LogP contribution in [0.4, 0.5) is 0 Å². The molecule has 4 rings (SSSR count). The standard InChI is InChI=1S/C22H30O3/c1-13-11-16-17(20(3)8-5-15(24)12-19(13)20)6-9-21(4)18(16)7-10-22(21,25)14(2)23/h6,16,18,25H,5,7-12H2,1-4H3/t16?,18?,20-,21+,22+/m1/s1. The first-order valence-electron chi connectivity index (χ1n) is 9.78. The van der Waals surface area contributed by atoms with Gasteiger partial charge < -0.3 is 5.11 Å². The van der Waals surface area contributed by atoms with Crippen LogP contribution in [-0.4, -0.2) is 22.3 Å². The second-order valence-corrected chi connectivity index (χ2v) is 9.46. The minimum atomic E-state index is -1.18. The van der Waals surface area contributed by atoms with Crippen LogP contribution in [0, 0.1) is 22.7 Å². The molecule has 2 saturated carbocycles. The zero-order valence-corrected chi connectivity index (χ0v) is 15.9. The number of fused-ring (bicyclic) bond motifs is 5. The molecule has 136 valence electrons. The van der Waals surface area contributed by atoms with Crippen LogP contribution in [0.5, 0.6) is 0 Å². The fourth-order valence-electron chi connectivity index (χ4n) is 6.81. The van der Waals surface area contributed by atoms with Gasteiger partial charge in [0.2, 0.25) is 0 Å². The van der Waals surface area contributed by atoms with Gasteiger partial charge in [-0.15, -0.1) is 0 Å². The first kappa shape index (κ1) is 17.2. The number of carbonyl (C=O) groups excluding carboxylic acids is 2. The molecule has 2 fully saturated rings. The predicted molar refractivity (Wildman–Crippen MR) is 96.9 cm³/mol. The van der Waals surface area contributed by atoms with Gasteiger partial charge in [-0.3, -0.25) is 9.59 Å². The van der Waals surface area contributed by atoms with Crippen molar-refractivity contribution in [1.82, 2.24) is 0 Å². The van der Waals surface area contributed by atoms with Gasteiger partial charge in [-0.25, -0.2) is 0 Å². The quantitative estimate of drug-likeness (QED) is 0.728. The number of hydrogen-bond acceptors (Lipinski definition) is 3. The Labute approximate surface area is 150 Å². The fraction of sp³-hybridized carbons (Fsp3) is 0.727. The van der Waals surface area contributed by atoms with E-state index in [4.69, 9.17) is 0 Å². The highest BCUT2D eigenvalue weighted by atomic mass is 16.3. The van der Waals surface area contributed by atoms with Crippen molar-refractivity contribution < 1.29 is 14.7 Å². The number of ketones is 2. The van der Waals surface area contributed by atoms with Gasteiger partial charge in [0.1, 0.15) is 11.4 Å². The number of aliphatic hydroxyl groups is 1. The number of carbonyl (C=O) groups is 2. The monoisotopic (exact) mass is 342 g/mol. The zero-order chi connectivity index (χ0) is 18.2. The first-order valence-corrected chi connectivity index (χ1v) is 9.78. The molecule has 0 aromatic heterocycles. The average molecular weight is 342 g/mol. The lowest BCUT2D eigenvalue weighted by Crippen LogP contribution is -2.54. The van der Waals surface area contributed by atoms with E-state index in [1.807, 2.05) is 0 Å². The van der Waals surface area contributed by atoms with Crippen LogP contribution >= 0.6 is 0 Å². The minimum absolute atomic E-state index is 0.0131. The van der Waals surface area contributed by atoms with Gasteiger partial charge in [0.15, 0.2) is 5.78 Å². The van der Waals surface area contributed by atoms with Gasteiger partial charge in [-0.1, -0.05) is 36.6 Å². The van der Waals surface area contributed by atoms with Gasteiger partial charge in [-0.2, -0.15) is 0 Å². The van der Waals surface area contributed by atoms with Crippen LogP contribution in [0.2, 0.25) is 0 Å². The maximum absolute atomic E-state index is 12.3. The summed E-state index contributed by atoms with van der Waals surface area (Å²) in [6.07, 6.45) is 7.82. The second kappa shape index (κ2) is 5.16. The maximum atomic E-state index is 12.3. The highest BCUT2D eigenvalue weighted by Gasteiger charge is 2.63. The molecule has 0 amide bonds. The summed E-state index contributed by atoms with van der Waals surface area (Å²) in [5, 5.41) is 11.2. The number of rotatable bonds is 1. The summed E-state index contributed by atoms with van der Waals surface area (Å²) in [6, 6.07) is 0. The van der Waals surface area contributed by atoms with Crippen LogP contribution in [0.15, 0.2) is 22.8 Å². The van der Waals surface area contributed by atoms with Gasteiger partial charge in [0, 0.05) is 23.7 Å². The first-order chi connectivity index (χ1) is 11.6. The molecular formula is C22H30O3. The SMILES string of the molecule is CC(=O)[C@@]1(O)CCC2C3CC(C)=C4CC(=O)CC[C@]4(C)C3=CC[C@@]21C. The topological polar surface area (TPSA) is 54.4 Å². The summed E-state index contributed by atoms with van der Waals surface area (Å²) in [6.45, 7) is 8.19. The molecule has 3 heteroatoms. The highest BCUT2D eigenvalue weighted by molar-refractivity contribution is 5.86. The molecule has 5 atom stereocenters. The molecule has 2 unspecified atom stereocenters. The minimum Gasteiger partial charge on any atom is -0.381 e. The van der Waals surface area contributed by atoms with E-state index in [2.05, 4.69) is 26.8 Å². The molecule has 0 saturated heterocycles. The predicted octanol–water partition coefficient (Wildman–Crippen LogP) is 4.15. The lowest BCUT2D eigenvalue weighted by molar-refractivity contribution is -0.150. The summed E-state index contributed by atoms with van der Waals surface area (Å²) in [7, 11) is 0. The van der Waals surface area contributed by atoms with Crippen molar-refractivity contribution in [3.8, 4) is 0 Å². The number of hydrogen-bond donors (Lipinski definition) is 1. The largest absolute Gasteiger partial charge is 0.381 e. The van der Waals surface area contributed by atoms with Crippen molar-refractivity contribution in [3.63, 3.8) is 0 Å². The van der Waals surface area contributed by atoms with Crippen LogP contribution in [0.1, 0.15) is 72.6 Å². The molecule has 0 aromatic carbocycles. The normalized spacial score (nSPS) is 46.3. The summed E-state index contributed by atoms with van der Waals surface area (Å²) in [5.41, 5.74) is 2.71. The Morgan fingerprint density at radius 3 is 2.68 bits per heavy atom. The van der Waals surface area contributed by atoms with Crippen molar-refractivity contribution in [1.29, 1.82) is 0 Å². The Bertz CT molecular complexity index is 730. The fourth-order valence-corrected chi connectivity index (χ4v) is 6.81. The second-order valence-electron chi connectivity index (χ2n) is 9.46. The molecule has 0 radical (unpaired) electrons. The third-order valence-corrected chi connectivity index (χ3v) is 8.42. The van der Waals surface area contributed by atoms with E-state index in [1.54, 1.807) is 6.92 Å². The Balaban J connectivity index is 1.80. The molecule has 0 aromatic rings. The van der Waals surface area contributed by atoms with Crippen molar-refractivity contribution >= 4 is 11.6 Å². The molecule has 3 nitrogen and oxygen atoms in total. The van der Waals surface area contributed by atoms with Crippen molar-refractivity contribution in [2.45, 2.75) is 78.2 Å². The van der Waals surface area contributed by atoms with E-state index in [0.717, 1.165) is 25.7 Å². The van der Waals surface area contributed by atoms with Crippen LogP contribution in [0.25, 0.3) is 0 Å². The Hall–Kier alpha value is -1.22. The smallest absolute Gasteiger partial charge is 0.161 e. The van der Waals surface area contributed by atoms with E-state index < -0.39 is 5.60 Å². The van der Waals surface area contributed by atoms with E-state index in [0.29, 0.717) is 36.9 Å². The lowest BCUT2D eigenvalue weighted by Gasteiger charge is -2.54. The maximum Gasteiger partial charge on any atom is 0.161 e. The molecule has 25 heavy (non-hydrogen) atoms. The summed E-state index contributed by atoms with van der Waals surface area (Å²) in [4.78, 5) is 24.3. The van der Waals surface area contributed by atoms with Crippen LogP contribution in [0.3, 0.4) is 0 Å². The third-order valence-electron chi connectivity index (χ3n) is 8.42. The van der Waals surface area contributed by atoms with Gasteiger partial charge in [-0.05, 0) is 57.8 Å². The third kappa shape index (κ3) is 2.02. The number of Topliss-reactive ketones (excluding diaryl/α,β-unsaturated/α-hetero) is 2. The zero-order valence-electron chi connectivity index (χ0n) is 15.9. The Morgan fingerprint density at radius 1 is 1.28 bits per heavy atom. The summed E-state index contributed by atoms with van der Waals surface area (Å²) >= 11 is 0. The Kier molecular flexibility index (Phi) is 3.55. The number of allylic oxidation sites excluding steroid dienone is 4. The molecule has 0 aliphatic heterocycles. The van der Waals surface area contributed by atoms with E-state index in [9.17, 15) is 14.7 Å². The molecule has 4 aliphatic rings. The molecular weight excluding hydrogens is 312 g/mol. The van der Waals surface area contributed by atoms with E-state index >= 15 is 0 Å². The molecule has 0 spiro atoms. The van der Waals surface area contributed by atoms with Crippen LogP contribution in [-0.2, 0) is 9.59 Å². The van der Waals surface area contributed by atoms with E-state index in [1.165, 1.54) is 16.7 Å². The van der Waals surface area contributed by atoms with Crippen molar-refractivity contribution in [2.75, 3.05) is 0 Å². The van der Waals surface area contributed by atoms with Crippen molar-refractivity contribution in [3.05, 3.63) is 22.8 Å². The van der Waals surface area contributed by atoms with E-state index in [-0.39, 0.29) is 16.6 Å². The summed E-state index contributed by atoms with van der Waals surface area (Å²) in [5.74, 6) is 1.06. The van der Waals surface area contributed by atoms with Gasteiger partial charge in [0.25, 0.3) is 0 Å². The highest BCUT2D eigenvalue weighted by Crippen LogP contribution is 2.65. The molecule has 4 aliphatic carbocycles. The van der Waals surface area contributed by atoms with Gasteiger partial charge in [0.05, 0.1) is 0 Å². The van der Waals surface area contributed by atoms with Gasteiger partial charge >= 0.3 is 0 Å². The van der Waals surface area contributed by atoms with Crippen LogP contribution < -0.4 is 0 Å². The Morgan fingerprint density at radius 2 is 2.00 bits per heavy atom. The lowest BCUT2D eigenvalue weighted by atomic mass is 9.50. The molecule has 0 heterocycles. The summed E-state index contributed by atoms with van der Waals surface area (Å²) < 4.78 is 0. The van der Waals surface area contributed by atoms with Crippen molar-refractivity contribution in [2.24, 2.45) is 22.7 Å². The average Bonchev–Trinajstić information content (AvgIpc) is 2.83. The molecule has 0 bridgehead atoms.